The standard InChI is InChI=1S/C19H17F3N2O4/c1-27-15-6-3-5-14(10-15)24-11-12(8-17(24)25)18(26)23-13-4-2-7-16(9-13)28-19(20,21)22/h2-7,9-10,12H,8,11H2,1H3,(H,23,26)/t12-/m1/s1. The predicted molar refractivity (Wildman–Crippen MR) is 95.2 cm³/mol. The number of halogens is 3. The van der Waals surface area contributed by atoms with Gasteiger partial charge < -0.3 is 19.7 Å². The Morgan fingerprint density at radius 3 is 2.57 bits per heavy atom. The minimum atomic E-state index is -4.82. The van der Waals surface area contributed by atoms with Gasteiger partial charge in [0, 0.05) is 36.5 Å². The third kappa shape index (κ3) is 4.73. The maximum atomic E-state index is 12.5. The molecule has 1 aliphatic rings. The number of rotatable bonds is 5. The molecule has 0 aromatic heterocycles. The van der Waals surface area contributed by atoms with Crippen LogP contribution in [-0.2, 0) is 9.59 Å². The van der Waals surface area contributed by atoms with Crippen molar-refractivity contribution in [3.8, 4) is 11.5 Å². The highest BCUT2D eigenvalue weighted by atomic mass is 19.4. The third-order valence-electron chi connectivity index (χ3n) is 4.20. The Morgan fingerprint density at radius 2 is 1.86 bits per heavy atom. The van der Waals surface area contributed by atoms with E-state index < -0.39 is 23.9 Å². The second kappa shape index (κ2) is 7.79. The zero-order valence-corrected chi connectivity index (χ0v) is 14.8. The van der Waals surface area contributed by atoms with E-state index in [1.807, 2.05) is 0 Å². The number of ether oxygens (including phenoxy) is 2. The highest BCUT2D eigenvalue weighted by Gasteiger charge is 2.35. The fourth-order valence-electron chi connectivity index (χ4n) is 2.93. The second-order valence-corrected chi connectivity index (χ2v) is 6.17. The first-order valence-electron chi connectivity index (χ1n) is 8.36. The van der Waals surface area contributed by atoms with E-state index in [2.05, 4.69) is 10.1 Å². The molecule has 1 N–H and O–H groups in total. The number of carbonyl (C=O) groups excluding carboxylic acids is 2. The van der Waals surface area contributed by atoms with Crippen molar-refractivity contribution in [3.05, 3.63) is 48.5 Å². The van der Waals surface area contributed by atoms with Crippen LogP contribution in [-0.4, -0.2) is 31.8 Å². The molecule has 1 heterocycles. The molecule has 0 radical (unpaired) electrons. The lowest BCUT2D eigenvalue weighted by Gasteiger charge is -2.17. The Hall–Kier alpha value is -3.23. The second-order valence-electron chi connectivity index (χ2n) is 6.17. The molecular formula is C19H17F3N2O4. The van der Waals surface area contributed by atoms with Gasteiger partial charge in [0.25, 0.3) is 0 Å². The summed E-state index contributed by atoms with van der Waals surface area (Å²) in [5.41, 5.74) is 0.763. The molecule has 28 heavy (non-hydrogen) atoms. The Balaban J connectivity index is 1.67. The quantitative estimate of drug-likeness (QED) is 0.842. The van der Waals surface area contributed by atoms with E-state index in [1.165, 1.54) is 24.1 Å². The van der Waals surface area contributed by atoms with E-state index in [0.29, 0.717) is 11.4 Å². The first-order valence-corrected chi connectivity index (χ1v) is 8.36. The highest BCUT2D eigenvalue weighted by molar-refractivity contribution is 6.03. The predicted octanol–water partition coefficient (Wildman–Crippen LogP) is 3.59. The van der Waals surface area contributed by atoms with Gasteiger partial charge in [-0.25, -0.2) is 0 Å². The van der Waals surface area contributed by atoms with Crippen LogP contribution in [0.2, 0.25) is 0 Å². The van der Waals surface area contributed by atoms with Gasteiger partial charge in [0.1, 0.15) is 11.5 Å². The lowest BCUT2D eigenvalue weighted by molar-refractivity contribution is -0.274. The first kappa shape index (κ1) is 19.5. The summed E-state index contributed by atoms with van der Waals surface area (Å²) in [4.78, 5) is 26.3. The van der Waals surface area contributed by atoms with Gasteiger partial charge in [-0.15, -0.1) is 13.2 Å². The van der Waals surface area contributed by atoms with Crippen molar-refractivity contribution in [2.75, 3.05) is 23.9 Å². The zero-order valence-electron chi connectivity index (χ0n) is 14.8. The van der Waals surface area contributed by atoms with Crippen molar-refractivity contribution in [2.45, 2.75) is 12.8 Å². The normalized spacial score (nSPS) is 16.8. The van der Waals surface area contributed by atoms with Crippen molar-refractivity contribution in [1.82, 2.24) is 0 Å². The van der Waals surface area contributed by atoms with Crippen LogP contribution in [0.25, 0.3) is 0 Å². The number of hydrogen-bond donors (Lipinski definition) is 1. The molecule has 0 unspecified atom stereocenters. The van der Waals surface area contributed by atoms with Crippen LogP contribution >= 0.6 is 0 Å². The molecule has 1 saturated heterocycles. The van der Waals surface area contributed by atoms with Gasteiger partial charge >= 0.3 is 6.36 Å². The summed E-state index contributed by atoms with van der Waals surface area (Å²) >= 11 is 0. The molecule has 148 valence electrons. The van der Waals surface area contributed by atoms with Crippen molar-refractivity contribution >= 4 is 23.2 Å². The zero-order chi connectivity index (χ0) is 20.3. The number of alkyl halides is 3. The number of nitrogens with zero attached hydrogens (tertiary/aromatic N) is 1. The summed E-state index contributed by atoms with van der Waals surface area (Å²) in [6.45, 7) is 0.163. The van der Waals surface area contributed by atoms with Crippen LogP contribution in [0.1, 0.15) is 6.42 Å². The molecule has 2 aromatic rings. The molecule has 0 saturated carbocycles. The van der Waals surface area contributed by atoms with Crippen LogP contribution in [0.15, 0.2) is 48.5 Å². The smallest absolute Gasteiger partial charge is 0.497 e. The Bertz CT molecular complexity index is 885. The maximum Gasteiger partial charge on any atom is 0.573 e. The average Bonchev–Trinajstić information content (AvgIpc) is 3.02. The molecule has 6 nitrogen and oxygen atoms in total. The molecule has 1 atom stereocenters. The summed E-state index contributed by atoms with van der Waals surface area (Å²) in [5, 5.41) is 2.54. The van der Waals surface area contributed by atoms with E-state index in [1.54, 1.807) is 24.3 Å². The van der Waals surface area contributed by atoms with Crippen molar-refractivity contribution < 1.29 is 32.2 Å². The van der Waals surface area contributed by atoms with Gasteiger partial charge in [0.15, 0.2) is 0 Å². The van der Waals surface area contributed by atoms with Gasteiger partial charge in [-0.05, 0) is 24.3 Å². The first-order chi connectivity index (χ1) is 13.2. The number of hydrogen-bond acceptors (Lipinski definition) is 4. The van der Waals surface area contributed by atoms with Gasteiger partial charge in [0.05, 0.1) is 13.0 Å². The Kier molecular flexibility index (Phi) is 5.43. The van der Waals surface area contributed by atoms with Crippen molar-refractivity contribution in [3.63, 3.8) is 0 Å². The molecule has 2 aromatic carbocycles. The molecule has 2 amide bonds. The van der Waals surface area contributed by atoms with E-state index in [4.69, 9.17) is 4.74 Å². The summed E-state index contributed by atoms with van der Waals surface area (Å²) in [7, 11) is 1.51. The van der Waals surface area contributed by atoms with Crippen molar-refractivity contribution in [2.24, 2.45) is 5.92 Å². The minimum Gasteiger partial charge on any atom is -0.497 e. The summed E-state index contributed by atoms with van der Waals surface area (Å²) in [5.74, 6) is -1.16. The summed E-state index contributed by atoms with van der Waals surface area (Å²) < 4.78 is 45.9. The van der Waals surface area contributed by atoms with Gasteiger partial charge in [-0.1, -0.05) is 12.1 Å². The number of nitrogens with one attached hydrogen (secondary N) is 1. The van der Waals surface area contributed by atoms with Crippen LogP contribution in [0.3, 0.4) is 0 Å². The largest absolute Gasteiger partial charge is 0.573 e. The fraction of sp³-hybridized carbons (Fsp3) is 0.263. The molecule has 0 spiro atoms. The molecule has 0 bridgehead atoms. The topological polar surface area (TPSA) is 67.9 Å². The van der Waals surface area contributed by atoms with Crippen LogP contribution in [0, 0.1) is 5.92 Å². The number of carbonyl (C=O) groups is 2. The number of benzene rings is 2. The SMILES string of the molecule is COc1cccc(N2C[C@H](C(=O)Nc3cccc(OC(F)(F)F)c3)CC2=O)c1. The van der Waals surface area contributed by atoms with E-state index in [0.717, 1.165) is 12.1 Å². The van der Waals surface area contributed by atoms with Gasteiger partial charge in [0.2, 0.25) is 11.8 Å². The Labute approximate surface area is 158 Å². The number of amides is 2. The van der Waals surface area contributed by atoms with Crippen molar-refractivity contribution in [1.29, 1.82) is 0 Å². The molecule has 0 aliphatic carbocycles. The van der Waals surface area contributed by atoms with E-state index >= 15 is 0 Å². The molecule has 1 fully saturated rings. The summed E-state index contributed by atoms with van der Waals surface area (Å²) in [6.07, 6.45) is -4.82. The molecule has 9 heteroatoms. The fourth-order valence-corrected chi connectivity index (χ4v) is 2.93. The minimum absolute atomic E-state index is 0.00177. The third-order valence-corrected chi connectivity index (χ3v) is 4.20. The lowest BCUT2D eigenvalue weighted by atomic mass is 10.1. The Morgan fingerprint density at radius 1 is 1.14 bits per heavy atom. The van der Waals surface area contributed by atoms with Crippen LogP contribution < -0.4 is 19.7 Å². The van der Waals surface area contributed by atoms with E-state index in [9.17, 15) is 22.8 Å². The number of methoxy groups -OCH3 is 1. The van der Waals surface area contributed by atoms with E-state index in [-0.39, 0.29) is 24.6 Å². The average molecular weight is 394 g/mol. The molecule has 3 rings (SSSR count). The monoisotopic (exact) mass is 394 g/mol. The van der Waals surface area contributed by atoms with Crippen LogP contribution in [0.4, 0.5) is 24.5 Å². The highest BCUT2D eigenvalue weighted by Crippen LogP contribution is 2.29. The molecular weight excluding hydrogens is 377 g/mol. The van der Waals surface area contributed by atoms with Gasteiger partial charge in [-0.3, -0.25) is 9.59 Å². The number of anilines is 2. The van der Waals surface area contributed by atoms with Gasteiger partial charge in [-0.2, -0.15) is 0 Å². The molecule has 1 aliphatic heterocycles. The summed E-state index contributed by atoms with van der Waals surface area (Å²) in [6, 6.07) is 11.9. The van der Waals surface area contributed by atoms with Crippen LogP contribution in [0.5, 0.6) is 11.5 Å². The lowest BCUT2D eigenvalue weighted by Crippen LogP contribution is -2.28. The maximum absolute atomic E-state index is 12.5.